The highest BCUT2D eigenvalue weighted by molar-refractivity contribution is 5.32. The molecule has 18 heavy (non-hydrogen) atoms. The monoisotopic (exact) mass is 247 g/mol. The fourth-order valence-corrected chi connectivity index (χ4v) is 2.56. The van der Waals surface area contributed by atoms with Crippen molar-refractivity contribution in [1.82, 2.24) is 10.2 Å². The van der Waals surface area contributed by atoms with Crippen LogP contribution in [0.5, 0.6) is 0 Å². The number of piperazine rings is 1. The standard InChI is InChI=1S/C14H18FN3/c1-10-7-18(8-11(2)17-10)9-13-4-3-12(6-16)5-14(13)15/h3-5,10-11,17H,7-9H2,1-2H3. The Labute approximate surface area is 107 Å². The molecular weight excluding hydrogens is 229 g/mol. The number of hydrogen-bond donors (Lipinski definition) is 1. The summed E-state index contributed by atoms with van der Waals surface area (Å²) in [7, 11) is 0. The van der Waals surface area contributed by atoms with Gasteiger partial charge in [0, 0.05) is 37.3 Å². The summed E-state index contributed by atoms with van der Waals surface area (Å²) in [6.07, 6.45) is 0. The molecule has 0 aromatic heterocycles. The van der Waals surface area contributed by atoms with Gasteiger partial charge in [0.05, 0.1) is 11.6 Å². The highest BCUT2D eigenvalue weighted by atomic mass is 19.1. The number of nitriles is 1. The minimum atomic E-state index is -0.284. The van der Waals surface area contributed by atoms with Gasteiger partial charge in [0.1, 0.15) is 5.82 Å². The topological polar surface area (TPSA) is 39.1 Å². The number of nitrogens with one attached hydrogen (secondary N) is 1. The normalized spacial score (nSPS) is 24.8. The van der Waals surface area contributed by atoms with Gasteiger partial charge in [-0.15, -0.1) is 0 Å². The highest BCUT2D eigenvalue weighted by Gasteiger charge is 2.21. The number of hydrogen-bond acceptors (Lipinski definition) is 3. The van der Waals surface area contributed by atoms with Crippen LogP contribution in [0.3, 0.4) is 0 Å². The van der Waals surface area contributed by atoms with Crippen LogP contribution in [0, 0.1) is 17.1 Å². The van der Waals surface area contributed by atoms with Crippen molar-refractivity contribution >= 4 is 0 Å². The fraction of sp³-hybridized carbons (Fsp3) is 0.500. The van der Waals surface area contributed by atoms with Gasteiger partial charge in [-0.3, -0.25) is 4.90 Å². The van der Waals surface area contributed by atoms with Crippen molar-refractivity contribution in [2.75, 3.05) is 13.1 Å². The van der Waals surface area contributed by atoms with E-state index in [1.54, 1.807) is 12.1 Å². The minimum absolute atomic E-state index is 0.284. The summed E-state index contributed by atoms with van der Waals surface area (Å²) in [5, 5.41) is 12.2. The van der Waals surface area contributed by atoms with Crippen LogP contribution in [0.2, 0.25) is 0 Å². The zero-order chi connectivity index (χ0) is 13.1. The Bertz CT molecular complexity index is 457. The lowest BCUT2D eigenvalue weighted by atomic mass is 10.1. The molecule has 4 heteroatoms. The van der Waals surface area contributed by atoms with Gasteiger partial charge in [0.15, 0.2) is 0 Å². The van der Waals surface area contributed by atoms with E-state index in [2.05, 4.69) is 24.1 Å². The third-order valence-corrected chi connectivity index (χ3v) is 3.21. The average Bonchev–Trinajstić information content (AvgIpc) is 2.30. The molecule has 0 saturated carbocycles. The van der Waals surface area contributed by atoms with E-state index in [4.69, 9.17) is 5.26 Å². The van der Waals surface area contributed by atoms with Crippen LogP contribution in [-0.2, 0) is 6.54 Å². The zero-order valence-electron chi connectivity index (χ0n) is 10.8. The Morgan fingerprint density at radius 1 is 1.39 bits per heavy atom. The Morgan fingerprint density at radius 3 is 2.61 bits per heavy atom. The maximum absolute atomic E-state index is 13.8. The zero-order valence-corrected chi connectivity index (χ0v) is 10.8. The molecule has 1 aromatic carbocycles. The van der Waals surface area contributed by atoms with Crippen LogP contribution in [-0.4, -0.2) is 30.1 Å². The van der Waals surface area contributed by atoms with E-state index >= 15 is 0 Å². The largest absolute Gasteiger partial charge is 0.309 e. The molecular formula is C14H18FN3. The predicted octanol–water partition coefficient (Wildman–Crippen LogP) is 1.88. The number of benzene rings is 1. The average molecular weight is 247 g/mol. The lowest BCUT2D eigenvalue weighted by Crippen LogP contribution is -2.53. The lowest BCUT2D eigenvalue weighted by molar-refractivity contribution is 0.165. The summed E-state index contributed by atoms with van der Waals surface area (Å²) < 4.78 is 13.8. The summed E-state index contributed by atoms with van der Waals surface area (Å²) in [5.74, 6) is -0.284. The van der Waals surface area contributed by atoms with Crippen LogP contribution in [0.25, 0.3) is 0 Å². The second kappa shape index (κ2) is 5.47. The van der Waals surface area contributed by atoms with Gasteiger partial charge in [-0.25, -0.2) is 4.39 Å². The molecule has 1 aromatic rings. The lowest BCUT2D eigenvalue weighted by Gasteiger charge is -2.36. The molecule has 0 spiro atoms. The van der Waals surface area contributed by atoms with E-state index in [9.17, 15) is 4.39 Å². The molecule has 0 amide bonds. The van der Waals surface area contributed by atoms with Crippen molar-refractivity contribution in [3.63, 3.8) is 0 Å². The van der Waals surface area contributed by atoms with E-state index in [1.807, 2.05) is 6.07 Å². The van der Waals surface area contributed by atoms with Crippen LogP contribution in [0.4, 0.5) is 4.39 Å². The number of halogens is 1. The van der Waals surface area contributed by atoms with Crippen molar-refractivity contribution < 1.29 is 4.39 Å². The van der Waals surface area contributed by atoms with Gasteiger partial charge in [-0.05, 0) is 26.0 Å². The predicted molar refractivity (Wildman–Crippen MR) is 68.5 cm³/mol. The molecule has 0 bridgehead atoms. The highest BCUT2D eigenvalue weighted by Crippen LogP contribution is 2.14. The second-order valence-electron chi connectivity index (χ2n) is 5.08. The molecule has 1 aliphatic heterocycles. The van der Waals surface area contributed by atoms with E-state index in [0.717, 1.165) is 13.1 Å². The van der Waals surface area contributed by atoms with E-state index < -0.39 is 0 Å². The second-order valence-corrected chi connectivity index (χ2v) is 5.08. The summed E-state index contributed by atoms with van der Waals surface area (Å²) in [5.41, 5.74) is 1.04. The molecule has 2 rings (SSSR count). The van der Waals surface area contributed by atoms with Gasteiger partial charge in [0.25, 0.3) is 0 Å². The van der Waals surface area contributed by atoms with E-state index in [1.165, 1.54) is 6.07 Å². The summed E-state index contributed by atoms with van der Waals surface area (Å²) in [4.78, 5) is 2.25. The first kappa shape index (κ1) is 13.0. The first-order valence-electron chi connectivity index (χ1n) is 6.25. The first-order chi connectivity index (χ1) is 8.58. The van der Waals surface area contributed by atoms with Gasteiger partial charge in [0.2, 0.25) is 0 Å². The van der Waals surface area contributed by atoms with Crippen LogP contribution < -0.4 is 5.32 Å². The Hall–Kier alpha value is -1.44. The Morgan fingerprint density at radius 2 is 2.06 bits per heavy atom. The van der Waals surface area contributed by atoms with Crippen LogP contribution in [0.15, 0.2) is 18.2 Å². The molecule has 0 aliphatic carbocycles. The van der Waals surface area contributed by atoms with Crippen molar-refractivity contribution in [3.8, 4) is 6.07 Å². The summed E-state index contributed by atoms with van der Waals surface area (Å²) in [6.45, 7) is 6.72. The van der Waals surface area contributed by atoms with Crippen LogP contribution >= 0.6 is 0 Å². The molecule has 1 heterocycles. The molecule has 1 fully saturated rings. The minimum Gasteiger partial charge on any atom is -0.309 e. The molecule has 2 unspecified atom stereocenters. The fourth-order valence-electron chi connectivity index (χ4n) is 2.56. The number of nitrogens with zero attached hydrogens (tertiary/aromatic N) is 2. The van der Waals surface area contributed by atoms with E-state index in [0.29, 0.717) is 29.8 Å². The smallest absolute Gasteiger partial charge is 0.129 e. The summed E-state index contributed by atoms with van der Waals surface area (Å²) in [6, 6.07) is 7.50. The van der Waals surface area contributed by atoms with Crippen molar-refractivity contribution in [3.05, 3.63) is 35.1 Å². The van der Waals surface area contributed by atoms with Gasteiger partial charge >= 0.3 is 0 Å². The number of rotatable bonds is 2. The molecule has 2 atom stereocenters. The van der Waals surface area contributed by atoms with Gasteiger partial charge < -0.3 is 5.32 Å². The third-order valence-electron chi connectivity index (χ3n) is 3.21. The molecule has 3 nitrogen and oxygen atoms in total. The van der Waals surface area contributed by atoms with Gasteiger partial charge in [-0.1, -0.05) is 6.07 Å². The molecule has 0 radical (unpaired) electrons. The SMILES string of the molecule is CC1CN(Cc2ccc(C#N)cc2F)CC(C)N1. The van der Waals surface area contributed by atoms with Crippen LogP contribution in [0.1, 0.15) is 25.0 Å². The molecule has 1 N–H and O–H groups in total. The quantitative estimate of drug-likeness (QED) is 0.867. The Kier molecular flexibility index (Phi) is 3.95. The maximum atomic E-state index is 13.8. The van der Waals surface area contributed by atoms with Crippen molar-refractivity contribution in [2.45, 2.75) is 32.5 Å². The third kappa shape index (κ3) is 3.06. The molecule has 1 saturated heterocycles. The maximum Gasteiger partial charge on any atom is 0.129 e. The molecule has 1 aliphatic rings. The van der Waals surface area contributed by atoms with Crippen molar-refractivity contribution in [1.29, 1.82) is 5.26 Å². The molecule has 96 valence electrons. The Balaban J connectivity index is 2.07. The first-order valence-corrected chi connectivity index (χ1v) is 6.25. The van der Waals surface area contributed by atoms with Gasteiger partial charge in [-0.2, -0.15) is 5.26 Å². The summed E-state index contributed by atoms with van der Waals surface area (Å²) >= 11 is 0. The van der Waals surface area contributed by atoms with Crippen molar-refractivity contribution in [2.24, 2.45) is 0 Å². The van der Waals surface area contributed by atoms with E-state index in [-0.39, 0.29) is 5.82 Å².